The van der Waals surface area contributed by atoms with E-state index in [-0.39, 0.29) is 18.8 Å². The molecule has 2 bridgehead atoms. The quantitative estimate of drug-likeness (QED) is 0.436. The zero-order valence-electron chi connectivity index (χ0n) is 13.0. The van der Waals surface area contributed by atoms with E-state index in [9.17, 15) is 20.4 Å². The summed E-state index contributed by atoms with van der Waals surface area (Å²) in [6, 6.07) is 0. The van der Waals surface area contributed by atoms with Gasteiger partial charge < -0.3 is 44.1 Å². The van der Waals surface area contributed by atoms with Crippen molar-refractivity contribution in [2.75, 3.05) is 20.3 Å². The van der Waals surface area contributed by atoms with Gasteiger partial charge in [0.05, 0.1) is 19.3 Å². The van der Waals surface area contributed by atoms with Gasteiger partial charge in [-0.2, -0.15) is 0 Å². The third-order valence-corrected chi connectivity index (χ3v) is 4.74. The van der Waals surface area contributed by atoms with Crippen molar-refractivity contribution in [1.82, 2.24) is 0 Å². The molecule has 3 aliphatic rings. The molecule has 23 heavy (non-hydrogen) atoms. The van der Waals surface area contributed by atoms with Crippen molar-refractivity contribution in [2.24, 2.45) is 0 Å². The lowest BCUT2D eigenvalue weighted by Crippen LogP contribution is -2.62. The van der Waals surface area contributed by atoms with Crippen LogP contribution in [0.3, 0.4) is 0 Å². The van der Waals surface area contributed by atoms with Gasteiger partial charge in [-0.15, -0.1) is 0 Å². The van der Waals surface area contributed by atoms with Gasteiger partial charge in [0.25, 0.3) is 0 Å². The van der Waals surface area contributed by atoms with E-state index in [1.807, 2.05) is 0 Å². The summed E-state index contributed by atoms with van der Waals surface area (Å²) in [5.74, 6) is 0. The van der Waals surface area contributed by atoms with Crippen LogP contribution in [-0.4, -0.2) is 102 Å². The van der Waals surface area contributed by atoms with Gasteiger partial charge in [0.15, 0.2) is 6.29 Å². The van der Waals surface area contributed by atoms with Gasteiger partial charge in [0, 0.05) is 7.11 Å². The number of hydrogen-bond acceptors (Lipinski definition) is 9. The summed E-state index contributed by atoms with van der Waals surface area (Å²) in [7, 11) is 1.34. The van der Waals surface area contributed by atoms with Crippen molar-refractivity contribution in [1.29, 1.82) is 0 Å². The Kier molecular flexibility index (Phi) is 5.21. The predicted molar refractivity (Wildman–Crippen MR) is 73.5 cm³/mol. The highest BCUT2D eigenvalue weighted by molar-refractivity contribution is 4.99. The third-order valence-electron chi connectivity index (χ3n) is 4.74. The van der Waals surface area contributed by atoms with Gasteiger partial charge >= 0.3 is 0 Å². The van der Waals surface area contributed by atoms with E-state index < -0.39 is 55.6 Å². The molecule has 0 aromatic heterocycles. The second kappa shape index (κ2) is 6.87. The molecule has 0 amide bonds. The van der Waals surface area contributed by atoms with Gasteiger partial charge in [-0.25, -0.2) is 0 Å². The molecule has 0 aromatic carbocycles. The first-order chi connectivity index (χ1) is 11.0. The van der Waals surface area contributed by atoms with Gasteiger partial charge in [0.1, 0.15) is 48.8 Å². The fourth-order valence-electron chi connectivity index (χ4n) is 3.40. The molecular formula is C14H24O9. The first-order valence-corrected chi connectivity index (χ1v) is 7.73. The highest BCUT2D eigenvalue weighted by atomic mass is 16.7. The number of hydrogen-bond donors (Lipinski definition) is 4. The molecule has 0 unspecified atom stereocenters. The van der Waals surface area contributed by atoms with Crippen molar-refractivity contribution >= 4 is 0 Å². The molecule has 4 N–H and O–H groups in total. The molecule has 3 heterocycles. The first-order valence-electron chi connectivity index (χ1n) is 7.73. The Balaban J connectivity index is 1.72. The highest BCUT2D eigenvalue weighted by Gasteiger charge is 2.53. The van der Waals surface area contributed by atoms with Gasteiger partial charge in [-0.1, -0.05) is 0 Å². The van der Waals surface area contributed by atoms with Crippen LogP contribution >= 0.6 is 0 Å². The Morgan fingerprint density at radius 1 is 1.04 bits per heavy atom. The first kappa shape index (κ1) is 17.5. The topological polar surface area (TPSA) is 127 Å². The summed E-state index contributed by atoms with van der Waals surface area (Å²) in [4.78, 5) is 0. The molecule has 9 nitrogen and oxygen atoms in total. The number of aliphatic hydroxyl groups is 4. The van der Waals surface area contributed by atoms with Crippen LogP contribution in [0.5, 0.6) is 0 Å². The van der Waals surface area contributed by atoms with Crippen LogP contribution in [0, 0.1) is 0 Å². The van der Waals surface area contributed by atoms with E-state index in [1.54, 1.807) is 6.92 Å². The molecule has 3 rings (SSSR count). The lowest BCUT2D eigenvalue weighted by Gasteiger charge is -2.44. The molecule has 0 saturated carbocycles. The minimum absolute atomic E-state index is 0.277. The number of ether oxygens (including phenoxy) is 5. The molecule has 10 atom stereocenters. The molecular weight excluding hydrogens is 312 g/mol. The average molecular weight is 336 g/mol. The van der Waals surface area contributed by atoms with E-state index in [0.29, 0.717) is 0 Å². The standard InChI is InChI=1S/C14H24O9/c1-5-8(16)13-11(7(21-5)4-20-13)23-14-10(18)12(19-2)9(17)6(3-15)22-14/h5-18H,3-4H2,1-2H3/t5-,6+,7+,8+,9-,10+,11+,12-,13-,14+/m0/s1. The van der Waals surface area contributed by atoms with E-state index in [0.717, 1.165) is 0 Å². The van der Waals surface area contributed by atoms with E-state index in [2.05, 4.69) is 0 Å². The molecule has 134 valence electrons. The largest absolute Gasteiger partial charge is 0.394 e. The van der Waals surface area contributed by atoms with E-state index in [1.165, 1.54) is 7.11 Å². The van der Waals surface area contributed by atoms with Crippen LogP contribution in [-0.2, 0) is 23.7 Å². The Bertz CT molecular complexity index is 408. The Morgan fingerprint density at radius 2 is 1.78 bits per heavy atom. The molecule has 3 fully saturated rings. The van der Waals surface area contributed by atoms with Crippen LogP contribution in [0.15, 0.2) is 0 Å². The molecule has 0 aliphatic carbocycles. The minimum atomic E-state index is -1.26. The highest BCUT2D eigenvalue weighted by Crippen LogP contribution is 2.34. The Morgan fingerprint density at radius 3 is 2.43 bits per heavy atom. The third kappa shape index (κ3) is 3.01. The predicted octanol–water partition coefficient (Wildman–Crippen LogP) is -2.63. The smallest absolute Gasteiger partial charge is 0.187 e. The molecule has 0 radical (unpaired) electrons. The molecule has 0 spiro atoms. The number of methoxy groups -OCH3 is 1. The number of fused-ring (bicyclic) bond motifs is 2. The van der Waals surface area contributed by atoms with Gasteiger partial charge in [0.2, 0.25) is 0 Å². The lowest BCUT2D eigenvalue weighted by molar-refractivity contribution is -0.330. The van der Waals surface area contributed by atoms with Crippen molar-refractivity contribution in [3.8, 4) is 0 Å². The van der Waals surface area contributed by atoms with Gasteiger partial charge in [-0.3, -0.25) is 0 Å². The molecule has 3 saturated heterocycles. The summed E-state index contributed by atoms with van der Waals surface area (Å²) in [6.45, 7) is 1.58. The lowest BCUT2D eigenvalue weighted by atomic mass is 9.97. The van der Waals surface area contributed by atoms with Crippen LogP contribution in [0.25, 0.3) is 0 Å². The second-order valence-corrected chi connectivity index (χ2v) is 6.18. The maximum absolute atomic E-state index is 10.3. The summed E-state index contributed by atoms with van der Waals surface area (Å²) in [5, 5.41) is 39.7. The van der Waals surface area contributed by atoms with Gasteiger partial charge in [-0.05, 0) is 6.92 Å². The zero-order valence-corrected chi connectivity index (χ0v) is 13.0. The molecule has 9 heteroatoms. The zero-order chi connectivity index (χ0) is 16.7. The monoisotopic (exact) mass is 336 g/mol. The van der Waals surface area contributed by atoms with Crippen LogP contribution in [0.1, 0.15) is 6.92 Å². The Labute approximate surface area is 133 Å². The second-order valence-electron chi connectivity index (χ2n) is 6.18. The van der Waals surface area contributed by atoms with Crippen molar-refractivity contribution in [3.63, 3.8) is 0 Å². The molecule has 3 aliphatic heterocycles. The molecule has 0 aromatic rings. The average Bonchev–Trinajstić information content (AvgIpc) is 2.84. The SMILES string of the molecule is CO[C@H]1[C@@H](O)[C@@H](CO)O[C@H](O[C@H]2[C@H]3OC[C@H]2O[C@@H](C)[C@H]3O)[C@@H]1O. The van der Waals surface area contributed by atoms with Crippen molar-refractivity contribution < 1.29 is 44.1 Å². The fraction of sp³-hybridized carbons (Fsp3) is 1.00. The van der Waals surface area contributed by atoms with Crippen LogP contribution < -0.4 is 0 Å². The maximum atomic E-state index is 10.3. The van der Waals surface area contributed by atoms with E-state index >= 15 is 0 Å². The fourth-order valence-corrected chi connectivity index (χ4v) is 3.40. The number of aliphatic hydroxyl groups excluding tert-OH is 4. The van der Waals surface area contributed by atoms with E-state index in [4.69, 9.17) is 23.7 Å². The summed E-state index contributed by atoms with van der Waals surface area (Å²) in [6.07, 6.45) is -8.28. The normalized spacial score (nSPS) is 53.5. The summed E-state index contributed by atoms with van der Waals surface area (Å²) < 4.78 is 27.5. The maximum Gasteiger partial charge on any atom is 0.187 e. The van der Waals surface area contributed by atoms with Crippen LogP contribution in [0.4, 0.5) is 0 Å². The van der Waals surface area contributed by atoms with Crippen LogP contribution in [0.2, 0.25) is 0 Å². The number of rotatable bonds is 4. The Hall–Kier alpha value is -0.360. The summed E-state index contributed by atoms with van der Waals surface area (Å²) in [5.41, 5.74) is 0. The van der Waals surface area contributed by atoms with Crippen molar-refractivity contribution in [3.05, 3.63) is 0 Å². The summed E-state index contributed by atoms with van der Waals surface area (Å²) >= 11 is 0. The minimum Gasteiger partial charge on any atom is -0.394 e. The van der Waals surface area contributed by atoms with Crippen molar-refractivity contribution in [2.45, 2.75) is 68.1 Å².